The summed E-state index contributed by atoms with van der Waals surface area (Å²) in [5.74, 6) is 0.0545. The molecule has 12 heavy (non-hydrogen) atoms. The maximum atomic E-state index is 10.9. The zero-order valence-corrected chi connectivity index (χ0v) is 7.97. The second-order valence-corrected chi connectivity index (χ2v) is 3.97. The van der Waals surface area contributed by atoms with Gasteiger partial charge in [-0.2, -0.15) is 0 Å². The van der Waals surface area contributed by atoms with E-state index < -0.39 is 0 Å². The Morgan fingerprint density at radius 1 is 1.42 bits per heavy atom. The van der Waals surface area contributed by atoms with Gasteiger partial charge in [0.1, 0.15) is 0 Å². The fraction of sp³-hybridized carbons (Fsp3) is 0.222. The molecule has 0 atom stereocenters. The van der Waals surface area contributed by atoms with E-state index in [4.69, 9.17) is 0 Å². The fourth-order valence-electron chi connectivity index (χ4n) is 1.36. The van der Waals surface area contributed by atoms with Crippen LogP contribution in [0.3, 0.4) is 0 Å². The van der Waals surface area contributed by atoms with Gasteiger partial charge in [-0.25, -0.2) is 0 Å². The van der Waals surface area contributed by atoms with Crippen molar-refractivity contribution in [2.75, 3.05) is 6.54 Å². The van der Waals surface area contributed by atoms with Crippen LogP contribution in [-0.4, -0.2) is 17.9 Å². The molecule has 1 spiro atoms. The third kappa shape index (κ3) is 1.30. The molecule has 1 aliphatic carbocycles. The van der Waals surface area contributed by atoms with Gasteiger partial charge in [-0.05, 0) is 18.2 Å². The van der Waals surface area contributed by atoms with Gasteiger partial charge in [0.15, 0.2) is 5.78 Å². The SMILES string of the molecule is O=C1C=CC2(C=C1)C=C(Br)CN2. The van der Waals surface area contributed by atoms with Crippen LogP contribution < -0.4 is 5.32 Å². The minimum absolute atomic E-state index is 0.0545. The zero-order chi connectivity index (χ0) is 8.60. The van der Waals surface area contributed by atoms with Crippen LogP contribution in [0.4, 0.5) is 0 Å². The lowest BCUT2D eigenvalue weighted by Gasteiger charge is -2.21. The lowest BCUT2D eigenvalue weighted by atomic mass is 9.95. The number of ketones is 1. The number of nitrogens with one attached hydrogen (secondary N) is 1. The van der Waals surface area contributed by atoms with E-state index in [0.29, 0.717) is 0 Å². The number of halogens is 1. The second-order valence-electron chi connectivity index (χ2n) is 2.95. The summed E-state index contributed by atoms with van der Waals surface area (Å²) in [7, 11) is 0. The van der Waals surface area contributed by atoms with Gasteiger partial charge in [-0.1, -0.05) is 28.1 Å². The normalized spacial score (nSPS) is 25.1. The smallest absolute Gasteiger partial charge is 0.178 e. The molecule has 0 bridgehead atoms. The average molecular weight is 226 g/mol. The Hall–Kier alpha value is -0.670. The van der Waals surface area contributed by atoms with Crippen molar-refractivity contribution >= 4 is 21.7 Å². The Balaban J connectivity index is 2.31. The molecule has 0 aromatic rings. The van der Waals surface area contributed by atoms with Gasteiger partial charge in [-0.3, -0.25) is 10.1 Å². The summed E-state index contributed by atoms with van der Waals surface area (Å²) in [5, 5.41) is 3.28. The highest BCUT2D eigenvalue weighted by molar-refractivity contribution is 9.11. The summed E-state index contributed by atoms with van der Waals surface area (Å²) in [5.41, 5.74) is -0.216. The van der Waals surface area contributed by atoms with Crippen molar-refractivity contribution in [3.8, 4) is 0 Å². The molecule has 1 heterocycles. The van der Waals surface area contributed by atoms with Crippen molar-refractivity contribution < 1.29 is 4.79 Å². The number of hydrogen-bond donors (Lipinski definition) is 1. The number of carbonyl (C=O) groups is 1. The highest BCUT2D eigenvalue weighted by Gasteiger charge is 2.28. The molecular formula is C9H8BrNO. The van der Waals surface area contributed by atoms with Gasteiger partial charge in [-0.15, -0.1) is 0 Å². The maximum absolute atomic E-state index is 10.9. The molecule has 0 saturated heterocycles. The van der Waals surface area contributed by atoms with Gasteiger partial charge < -0.3 is 0 Å². The van der Waals surface area contributed by atoms with Crippen molar-refractivity contribution in [1.29, 1.82) is 0 Å². The number of carbonyl (C=O) groups excluding carboxylic acids is 1. The van der Waals surface area contributed by atoms with Crippen LogP contribution in [0, 0.1) is 0 Å². The van der Waals surface area contributed by atoms with Crippen LogP contribution in [0.2, 0.25) is 0 Å². The zero-order valence-electron chi connectivity index (χ0n) is 6.38. The third-order valence-corrected chi connectivity index (χ3v) is 2.51. The molecule has 0 aromatic carbocycles. The largest absolute Gasteiger partial charge is 0.297 e. The van der Waals surface area contributed by atoms with Gasteiger partial charge in [0, 0.05) is 11.0 Å². The van der Waals surface area contributed by atoms with Gasteiger partial charge in [0.2, 0.25) is 0 Å². The first-order valence-electron chi connectivity index (χ1n) is 3.75. The molecule has 1 aliphatic heterocycles. The molecule has 0 amide bonds. The topological polar surface area (TPSA) is 29.1 Å². The van der Waals surface area contributed by atoms with E-state index in [1.54, 1.807) is 12.2 Å². The predicted molar refractivity (Wildman–Crippen MR) is 51.0 cm³/mol. The van der Waals surface area contributed by atoms with Crippen LogP contribution >= 0.6 is 15.9 Å². The van der Waals surface area contributed by atoms with E-state index in [1.165, 1.54) is 0 Å². The molecule has 3 heteroatoms. The van der Waals surface area contributed by atoms with Crippen LogP contribution in [0.5, 0.6) is 0 Å². The second kappa shape index (κ2) is 2.68. The van der Waals surface area contributed by atoms with Gasteiger partial charge in [0.05, 0.1) is 5.54 Å². The minimum atomic E-state index is -0.216. The molecule has 2 nitrogen and oxygen atoms in total. The van der Waals surface area contributed by atoms with Gasteiger partial charge >= 0.3 is 0 Å². The quantitative estimate of drug-likeness (QED) is 0.674. The summed E-state index contributed by atoms with van der Waals surface area (Å²) >= 11 is 3.41. The summed E-state index contributed by atoms with van der Waals surface area (Å²) in [6, 6.07) is 0. The van der Waals surface area contributed by atoms with Crippen molar-refractivity contribution in [2.45, 2.75) is 5.54 Å². The highest BCUT2D eigenvalue weighted by atomic mass is 79.9. The predicted octanol–water partition coefficient (Wildman–Crippen LogP) is 1.30. The van der Waals surface area contributed by atoms with Crippen LogP contribution in [0.25, 0.3) is 0 Å². The first-order valence-corrected chi connectivity index (χ1v) is 4.54. The van der Waals surface area contributed by atoms with E-state index in [9.17, 15) is 4.79 Å². The van der Waals surface area contributed by atoms with Crippen LogP contribution in [0.1, 0.15) is 0 Å². The van der Waals surface area contributed by atoms with E-state index in [-0.39, 0.29) is 11.3 Å². The van der Waals surface area contributed by atoms with Crippen molar-refractivity contribution in [2.24, 2.45) is 0 Å². The molecule has 2 aliphatic rings. The number of allylic oxidation sites excluding steroid dienone is 2. The molecule has 0 aromatic heterocycles. The Morgan fingerprint density at radius 3 is 2.58 bits per heavy atom. The summed E-state index contributed by atoms with van der Waals surface area (Å²) in [6.45, 7) is 0.822. The van der Waals surface area contributed by atoms with E-state index in [2.05, 4.69) is 27.3 Å². The summed E-state index contributed by atoms with van der Waals surface area (Å²) in [6.07, 6.45) is 9.00. The van der Waals surface area contributed by atoms with Crippen molar-refractivity contribution in [1.82, 2.24) is 5.32 Å². The maximum Gasteiger partial charge on any atom is 0.178 e. The standard InChI is InChI=1S/C9H8BrNO/c10-7-5-9(11-6-7)3-1-8(12)2-4-9/h1-5,11H,6H2. The van der Waals surface area contributed by atoms with Crippen molar-refractivity contribution in [3.05, 3.63) is 34.9 Å². The fourth-order valence-corrected chi connectivity index (χ4v) is 1.88. The highest BCUT2D eigenvalue weighted by Crippen LogP contribution is 2.25. The molecular weight excluding hydrogens is 218 g/mol. The number of hydrogen-bond acceptors (Lipinski definition) is 2. The minimum Gasteiger partial charge on any atom is -0.297 e. The van der Waals surface area contributed by atoms with Crippen LogP contribution in [-0.2, 0) is 4.79 Å². The molecule has 2 rings (SSSR count). The molecule has 0 fully saturated rings. The Labute approximate surface area is 79.2 Å². The number of rotatable bonds is 0. The molecule has 0 radical (unpaired) electrons. The third-order valence-electron chi connectivity index (χ3n) is 2.01. The first-order chi connectivity index (χ1) is 5.70. The summed E-state index contributed by atoms with van der Waals surface area (Å²) in [4.78, 5) is 10.9. The Morgan fingerprint density at radius 2 is 2.08 bits per heavy atom. The molecule has 0 unspecified atom stereocenters. The van der Waals surface area contributed by atoms with E-state index in [0.717, 1.165) is 11.0 Å². The van der Waals surface area contributed by atoms with E-state index in [1.807, 2.05) is 12.2 Å². The monoisotopic (exact) mass is 225 g/mol. The Kier molecular flexibility index (Phi) is 1.77. The van der Waals surface area contributed by atoms with Crippen molar-refractivity contribution in [3.63, 3.8) is 0 Å². The lowest BCUT2D eigenvalue weighted by molar-refractivity contribution is -0.110. The van der Waals surface area contributed by atoms with E-state index >= 15 is 0 Å². The lowest BCUT2D eigenvalue weighted by Crippen LogP contribution is -2.37. The Bertz CT molecular complexity index is 298. The average Bonchev–Trinajstić information content (AvgIpc) is 2.40. The van der Waals surface area contributed by atoms with Gasteiger partial charge in [0.25, 0.3) is 0 Å². The summed E-state index contributed by atoms with van der Waals surface area (Å²) < 4.78 is 1.13. The molecule has 0 saturated carbocycles. The first kappa shape index (κ1) is 7.95. The molecule has 1 N–H and O–H groups in total. The molecule has 62 valence electrons. The van der Waals surface area contributed by atoms with Crippen LogP contribution in [0.15, 0.2) is 34.9 Å².